The largest absolute Gasteiger partial charge is 0.493 e. The highest BCUT2D eigenvalue weighted by Crippen LogP contribution is 2.38. The van der Waals surface area contributed by atoms with Crippen molar-refractivity contribution < 1.29 is 19.0 Å². The number of rotatable bonds is 6. The van der Waals surface area contributed by atoms with Crippen LogP contribution in [0.1, 0.15) is 15.9 Å². The number of hydrogen-bond donors (Lipinski definition) is 0. The summed E-state index contributed by atoms with van der Waals surface area (Å²) in [7, 11) is 6.38. The minimum absolute atomic E-state index is 0.158. The fourth-order valence-electron chi connectivity index (χ4n) is 2.41. The summed E-state index contributed by atoms with van der Waals surface area (Å²) in [6, 6.07) is 10.6. The first-order valence-corrected chi connectivity index (χ1v) is 7.68. The number of carbonyl (C=O) groups excluding carboxylic acids is 1. The zero-order chi connectivity index (χ0) is 17.7. The van der Waals surface area contributed by atoms with Gasteiger partial charge in [0.25, 0.3) is 5.91 Å². The molecular formula is C18H20ClNO4. The number of methoxy groups -OCH3 is 3. The molecule has 0 atom stereocenters. The van der Waals surface area contributed by atoms with Gasteiger partial charge in [-0.3, -0.25) is 4.79 Å². The van der Waals surface area contributed by atoms with E-state index in [1.165, 1.54) is 0 Å². The molecule has 0 saturated heterocycles. The van der Waals surface area contributed by atoms with Crippen LogP contribution in [0.2, 0.25) is 5.02 Å². The van der Waals surface area contributed by atoms with E-state index in [-0.39, 0.29) is 5.91 Å². The molecular weight excluding hydrogens is 330 g/mol. The maximum Gasteiger partial charge on any atom is 0.255 e. The van der Waals surface area contributed by atoms with Crippen molar-refractivity contribution in [3.05, 3.63) is 52.5 Å². The predicted molar refractivity (Wildman–Crippen MR) is 93.3 cm³/mol. The van der Waals surface area contributed by atoms with E-state index in [0.717, 1.165) is 5.56 Å². The van der Waals surface area contributed by atoms with Crippen LogP contribution in [-0.2, 0) is 6.54 Å². The van der Waals surface area contributed by atoms with Crippen molar-refractivity contribution >= 4 is 17.5 Å². The van der Waals surface area contributed by atoms with Crippen molar-refractivity contribution in [3.8, 4) is 17.2 Å². The molecule has 0 aliphatic heterocycles. The van der Waals surface area contributed by atoms with Crippen LogP contribution >= 0.6 is 11.6 Å². The van der Waals surface area contributed by atoms with Gasteiger partial charge in [-0.1, -0.05) is 23.7 Å². The average Bonchev–Trinajstić information content (AvgIpc) is 2.60. The molecule has 0 spiro atoms. The molecule has 2 aromatic carbocycles. The number of halogens is 1. The number of carbonyl (C=O) groups is 1. The number of ether oxygens (including phenoxy) is 3. The highest BCUT2D eigenvalue weighted by Gasteiger charge is 2.18. The van der Waals surface area contributed by atoms with Crippen LogP contribution in [0.4, 0.5) is 0 Å². The maximum atomic E-state index is 12.6. The predicted octanol–water partition coefficient (Wildman–Crippen LogP) is 3.64. The normalized spacial score (nSPS) is 10.2. The minimum atomic E-state index is -0.158. The summed E-state index contributed by atoms with van der Waals surface area (Å²) in [5.41, 5.74) is 1.32. The van der Waals surface area contributed by atoms with Gasteiger partial charge in [0.15, 0.2) is 11.5 Å². The van der Waals surface area contributed by atoms with Crippen LogP contribution in [0.3, 0.4) is 0 Å². The molecule has 0 aliphatic carbocycles. The van der Waals surface area contributed by atoms with Crippen molar-refractivity contribution in [2.75, 3.05) is 28.4 Å². The Balaban J connectivity index is 2.27. The molecule has 2 rings (SSSR count). The van der Waals surface area contributed by atoms with Gasteiger partial charge in [-0.05, 0) is 29.8 Å². The average molecular weight is 350 g/mol. The van der Waals surface area contributed by atoms with Crippen molar-refractivity contribution in [2.24, 2.45) is 0 Å². The van der Waals surface area contributed by atoms with Gasteiger partial charge >= 0.3 is 0 Å². The Morgan fingerprint density at radius 2 is 1.62 bits per heavy atom. The lowest BCUT2D eigenvalue weighted by atomic mass is 10.1. The lowest BCUT2D eigenvalue weighted by molar-refractivity contribution is 0.0785. The summed E-state index contributed by atoms with van der Waals surface area (Å²) in [6.45, 7) is 0.376. The molecule has 0 aliphatic rings. The molecule has 0 aromatic heterocycles. The van der Waals surface area contributed by atoms with E-state index >= 15 is 0 Å². The Labute approximate surface area is 146 Å². The third-order valence-corrected chi connectivity index (χ3v) is 3.92. The molecule has 128 valence electrons. The van der Waals surface area contributed by atoms with Gasteiger partial charge in [0.05, 0.1) is 31.9 Å². The van der Waals surface area contributed by atoms with Crippen LogP contribution in [0.5, 0.6) is 17.2 Å². The molecule has 0 unspecified atom stereocenters. The molecule has 0 bridgehead atoms. The van der Waals surface area contributed by atoms with Crippen molar-refractivity contribution in [2.45, 2.75) is 6.54 Å². The van der Waals surface area contributed by atoms with Crippen molar-refractivity contribution in [1.29, 1.82) is 0 Å². The summed E-state index contributed by atoms with van der Waals surface area (Å²) in [5, 5.41) is 0.430. The molecule has 0 N–H and O–H groups in total. The van der Waals surface area contributed by atoms with Gasteiger partial charge in [0.2, 0.25) is 5.75 Å². The number of hydrogen-bond acceptors (Lipinski definition) is 4. The van der Waals surface area contributed by atoms with E-state index in [1.54, 1.807) is 57.5 Å². The second-order valence-electron chi connectivity index (χ2n) is 5.17. The van der Waals surface area contributed by atoms with Crippen LogP contribution in [-0.4, -0.2) is 39.2 Å². The third kappa shape index (κ3) is 3.74. The highest BCUT2D eigenvalue weighted by atomic mass is 35.5. The topological polar surface area (TPSA) is 48.0 Å². The molecule has 2 aromatic rings. The zero-order valence-electron chi connectivity index (χ0n) is 14.1. The zero-order valence-corrected chi connectivity index (χ0v) is 14.9. The van der Waals surface area contributed by atoms with Gasteiger partial charge in [-0.15, -0.1) is 0 Å². The lowest BCUT2D eigenvalue weighted by Crippen LogP contribution is -2.26. The molecule has 6 heteroatoms. The number of nitrogens with zero attached hydrogens (tertiary/aromatic N) is 1. The molecule has 0 saturated carbocycles. The van der Waals surface area contributed by atoms with E-state index in [9.17, 15) is 4.79 Å². The number of amides is 1. The van der Waals surface area contributed by atoms with Gasteiger partial charge < -0.3 is 19.1 Å². The Morgan fingerprint density at radius 1 is 1.04 bits per heavy atom. The van der Waals surface area contributed by atoms with Gasteiger partial charge in [0, 0.05) is 13.6 Å². The summed E-state index contributed by atoms with van der Waals surface area (Å²) in [4.78, 5) is 14.1. The van der Waals surface area contributed by atoms with Gasteiger partial charge in [0.1, 0.15) is 0 Å². The minimum Gasteiger partial charge on any atom is -0.493 e. The highest BCUT2D eigenvalue weighted by molar-refractivity contribution is 6.33. The summed E-state index contributed by atoms with van der Waals surface area (Å²) in [5.74, 6) is 1.45. The van der Waals surface area contributed by atoms with Crippen molar-refractivity contribution in [1.82, 2.24) is 4.90 Å². The quantitative estimate of drug-likeness (QED) is 0.799. The van der Waals surface area contributed by atoms with E-state index in [1.807, 2.05) is 12.1 Å². The van der Waals surface area contributed by atoms with Gasteiger partial charge in [-0.25, -0.2) is 0 Å². The first kappa shape index (κ1) is 17.9. The Hall–Kier alpha value is -2.40. The van der Waals surface area contributed by atoms with E-state index in [2.05, 4.69) is 0 Å². The first-order valence-electron chi connectivity index (χ1n) is 7.30. The SMILES string of the molecule is COc1cc(CN(C)C(=O)c2ccccc2Cl)cc(OC)c1OC. The van der Waals surface area contributed by atoms with Crippen LogP contribution in [0, 0.1) is 0 Å². The summed E-state index contributed by atoms with van der Waals surface area (Å²) in [6.07, 6.45) is 0. The molecule has 5 nitrogen and oxygen atoms in total. The maximum absolute atomic E-state index is 12.6. The van der Waals surface area contributed by atoms with Crippen LogP contribution in [0.25, 0.3) is 0 Å². The monoisotopic (exact) mass is 349 g/mol. The van der Waals surface area contributed by atoms with Gasteiger partial charge in [-0.2, -0.15) is 0 Å². The third-order valence-electron chi connectivity index (χ3n) is 3.60. The smallest absolute Gasteiger partial charge is 0.255 e. The Kier molecular flexibility index (Phi) is 5.93. The Bertz CT molecular complexity index is 708. The number of benzene rings is 2. The van der Waals surface area contributed by atoms with Crippen molar-refractivity contribution in [3.63, 3.8) is 0 Å². The fourth-order valence-corrected chi connectivity index (χ4v) is 2.63. The summed E-state index contributed by atoms with van der Waals surface area (Å²) >= 11 is 6.10. The first-order chi connectivity index (χ1) is 11.5. The molecule has 24 heavy (non-hydrogen) atoms. The molecule has 0 radical (unpaired) electrons. The molecule has 0 heterocycles. The van der Waals surface area contributed by atoms with Crippen LogP contribution < -0.4 is 14.2 Å². The van der Waals surface area contributed by atoms with E-state index < -0.39 is 0 Å². The summed E-state index contributed by atoms with van der Waals surface area (Å²) < 4.78 is 16.0. The second-order valence-corrected chi connectivity index (χ2v) is 5.58. The lowest BCUT2D eigenvalue weighted by Gasteiger charge is -2.20. The fraction of sp³-hybridized carbons (Fsp3) is 0.278. The standard InChI is InChI=1S/C18H20ClNO4/c1-20(18(21)13-7-5-6-8-14(13)19)11-12-9-15(22-2)17(24-4)16(10-12)23-3/h5-10H,11H2,1-4H3. The molecule has 1 amide bonds. The second kappa shape index (κ2) is 7.93. The Morgan fingerprint density at radius 3 is 2.12 bits per heavy atom. The molecule has 0 fully saturated rings. The van der Waals surface area contributed by atoms with Crippen LogP contribution in [0.15, 0.2) is 36.4 Å². The van der Waals surface area contributed by atoms with E-state index in [0.29, 0.717) is 34.4 Å². The van der Waals surface area contributed by atoms with E-state index in [4.69, 9.17) is 25.8 Å².